The summed E-state index contributed by atoms with van der Waals surface area (Å²) in [6.45, 7) is 0. The topological polar surface area (TPSA) is 81.6 Å². The number of amides is 1. The second-order valence-electron chi connectivity index (χ2n) is 2.68. The molecule has 5 heteroatoms. The van der Waals surface area contributed by atoms with Crippen molar-refractivity contribution in [2.75, 3.05) is 0 Å². The van der Waals surface area contributed by atoms with E-state index in [-0.39, 0.29) is 5.69 Å². The molecule has 2 rings (SSSR count). The Morgan fingerprint density at radius 1 is 1.50 bits per heavy atom. The van der Waals surface area contributed by atoms with E-state index in [0.29, 0.717) is 5.39 Å². The lowest BCUT2D eigenvalue weighted by atomic mass is 10.2. The van der Waals surface area contributed by atoms with Crippen LogP contribution in [0.5, 0.6) is 0 Å². The van der Waals surface area contributed by atoms with Gasteiger partial charge in [0.05, 0.1) is 5.52 Å². The van der Waals surface area contributed by atoms with Crippen molar-refractivity contribution in [2.45, 2.75) is 0 Å². The number of rotatable bonds is 1. The van der Waals surface area contributed by atoms with E-state index in [4.69, 9.17) is 5.26 Å². The summed E-state index contributed by atoms with van der Waals surface area (Å²) in [5.74, 6) is -0.495. The molecular weight excluding hydrogens is 180 g/mol. The molecule has 1 heterocycles. The van der Waals surface area contributed by atoms with Gasteiger partial charge in [0.2, 0.25) is 0 Å². The van der Waals surface area contributed by atoms with Crippen LogP contribution in [0.2, 0.25) is 0 Å². The standard InChI is InChI=1S/C9H6N4O/c10-5-11-9(14)8-6-3-1-2-4-7(6)12-13-8/h1-4H,(H,11,14)(H,12,13). The van der Waals surface area contributed by atoms with Crippen LogP contribution in [0.1, 0.15) is 10.5 Å². The molecule has 1 amide bonds. The first-order valence-corrected chi connectivity index (χ1v) is 3.95. The summed E-state index contributed by atoms with van der Waals surface area (Å²) in [5, 5.41) is 17.6. The zero-order valence-corrected chi connectivity index (χ0v) is 7.11. The number of benzene rings is 1. The highest BCUT2D eigenvalue weighted by atomic mass is 16.1. The summed E-state index contributed by atoms with van der Waals surface area (Å²) >= 11 is 0. The molecule has 0 aliphatic carbocycles. The molecule has 0 radical (unpaired) electrons. The molecule has 1 aromatic carbocycles. The van der Waals surface area contributed by atoms with Gasteiger partial charge in [-0.25, -0.2) is 0 Å². The highest BCUT2D eigenvalue weighted by Crippen LogP contribution is 2.14. The minimum Gasteiger partial charge on any atom is -0.277 e. The number of aromatic nitrogens is 2. The van der Waals surface area contributed by atoms with Crippen LogP contribution in [0, 0.1) is 11.5 Å². The molecule has 2 N–H and O–H groups in total. The molecule has 0 bridgehead atoms. The summed E-state index contributed by atoms with van der Waals surface area (Å²) in [7, 11) is 0. The Bertz CT molecular complexity index is 523. The van der Waals surface area contributed by atoms with Crippen molar-refractivity contribution < 1.29 is 4.79 Å². The second kappa shape index (κ2) is 3.18. The average molecular weight is 186 g/mol. The van der Waals surface area contributed by atoms with E-state index in [1.807, 2.05) is 17.4 Å². The Morgan fingerprint density at radius 3 is 3.07 bits per heavy atom. The van der Waals surface area contributed by atoms with Gasteiger partial charge in [0.25, 0.3) is 5.91 Å². The molecule has 0 spiro atoms. The molecule has 0 aliphatic heterocycles. The minimum absolute atomic E-state index is 0.238. The predicted octanol–water partition coefficient (Wildman–Crippen LogP) is 0.774. The zero-order valence-electron chi connectivity index (χ0n) is 7.11. The van der Waals surface area contributed by atoms with E-state index < -0.39 is 5.91 Å². The summed E-state index contributed by atoms with van der Waals surface area (Å²) in [6, 6.07) is 7.23. The molecule has 5 nitrogen and oxygen atoms in total. The van der Waals surface area contributed by atoms with Gasteiger partial charge in [-0.1, -0.05) is 18.2 Å². The van der Waals surface area contributed by atoms with Gasteiger partial charge in [-0.15, -0.1) is 0 Å². The van der Waals surface area contributed by atoms with E-state index in [1.165, 1.54) is 0 Å². The number of carbonyl (C=O) groups excluding carboxylic acids is 1. The fraction of sp³-hybridized carbons (Fsp3) is 0. The van der Waals surface area contributed by atoms with E-state index in [2.05, 4.69) is 10.2 Å². The van der Waals surface area contributed by atoms with Crippen molar-refractivity contribution in [3.05, 3.63) is 30.0 Å². The Labute approximate surface area is 79.3 Å². The third-order valence-corrected chi connectivity index (χ3v) is 1.85. The molecular formula is C9H6N4O. The van der Waals surface area contributed by atoms with Crippen LogP contribution in [0.25, 0.3) is 10.9 Å². The lowest BCUT2D eigenvalue weighted by Crippen LogP contribution is -2.17. The Kier molecular flexibility index (Phi) is 1.88. The number of nitriles is 1. The van der Waals surface area contributed by atoms with E-state index in [1.54, 1.807) is 18.3 Å². The van der Waals surface area contributed by atoms with Crippen LogP contribution < -0.4 is 5.32 Å². The van der Waals surface area contributed by atoms with Crippen molar-refractivity contribution in [2.24, 2.45) is 0 Å². The Hall–Kier alpha value is -2.35. The van der Waals surface area contributed by atoms with Crippen LogP contribution in [0.4, 0.5) is 0 Å². The Balaban J connectivity index is 2.54. The molecule has 0 atom stereocenters. The van der Waals surface area contributed by atoms with Crippen LogP contribution in [-0.2, 0) is 0 Å². The number of hydrogen-bond acceptors (Lipinski definition) is 3. The van der Waals surface area contributed by atoms with Crippen LogP contribution in [0.15, 0.2) is 24.3 Å². The van der Waals surface area contributed by atoms with Gasteiger partial charge in [-0.05, 0) is 6.07 Å². The van der Waals surface area contributed by atoms with Crippen molar-refractivity contribution in [1.29, 1.82) is 5.26 Å². The lowest BCUT2D eigenvalue weighted by Gasteiger charge is -1.91. The molecule has 0 aliphatic rings. The molecule has 0 fully saturated rings. The first kappa shape index (κ1) is 8.26. The van der Waals surface area contributed by atoms with Gasteiger partial charge in [0.15, 0.2) is 11.9 Å². The number of H-pyrrole nitrogens is 1. The van der Waals surface area contributed by atoms with Crippen LogP contribution in [0.3, 0.4) is 0 Å². The molecule has 0 saturated carbocycles. The monoisotopic (exact) mass is 186 g/mol. The predicted molar refractivity (Wildman–Crippen MR) is 49.2 cm³/mol. The molecule has 0 saturated heterocycles. The quantitative estimate of drug-likeness (QED) is 0.510. The van der Waals surface area contributed by atoms with Gasteiger partial charge in [-0.3, -0.25) is 15.2 Å². The third kappa shape index (κ3) is 1.19. The maximum atomic E-state index is 11.3. The first-order chi connectivity index (χ1) is 6.83. The number of aromatic amines is 1. The third-order valence-electron chi connectivity index (χ3n) is 1.85. The first-order valence-electron chi connectivity index (χ1n) is 3.95. The van der Waals surface area contributed by atoms with Gasteiger partial charge < -0.3 is 0 Å². The van der Waals surface area contributed by atoms with Crippen molar-refractivity contribution in [3.63, 3.8) is 0 Å². The fourth-order valence-corrected chi connectivity index (χ4v) is 1.25. The SMILES string of the molecule is N#CNC(=O)c1n[nH]c2ccccc12. The van der Waals surface area contributed by atoms with Gasteiger partial charge in [-0.2, -0.15) is 10.4 Å². The number of para-hydroxylation sites is 1. The normalized spacial score (nSPS) is 9.64. The number of hydrogen-bond donors (Lipinski definition) is 2. The van der Waals surface area contributed by atoms with Crippen LogP contribution in [-0.4, -0.2) is 16.1 Å². The zero-order chi connectivity index (χ0) is 9.97. The van der Waals surface area contributed by atoms with Crippen molar-refractivity contribution in [1.82, 2.24) is 15.5 Å². The highest BCUT2D eigenvalue weighted by Gasteiger charge is 2.12. The molecule has 2 aromatic rings. The number of nitrogens with zero attached hydrogens (tertiary/aromatic N) is 2. The number of nitrogens with one attached hydrogen (secondary N) is 2. The smallest absolute Gasteiger partial charge is 0.277 e. The summed E-state index contributed by atoms with van der Waals surface area (Å²) in [4.78, 5) is 11.3. The van der Waals surface area contributed by atoms with E-state index in [9.17, 15) is 4.79 Å². The van der Waals surface area contributed by atoms with Crippen LogP contribution >= 0.6 is 0 Å². The molecule has 14 heavy (non-hydrogen) atoms. The molecule has 1 aromatic heterocycles. The average Bonchev–Trinajstić information content (AvgIpc) is 2.61. The minimum atomic E-state index is -0.495. The van der Waals surface area contributed by atoms with Gasteiger partial charge >= 0.3 is 0 Å². The number of fused-ring (bicyclic) bond motifs is 1. The van der Waals surface area contributed by atoms with Crippen molar-refractivity contribution in [3.8, 4) is 6.19 Å². The largest absolute Gasteiger partial charge is 0.285 e. The number of carbonyl (C=O) groups is 1. The maximum Gasteiger partial charge on any atom is 0.285 e. The Morgan fingerprint density at radius 2 is 2.29 bits per heavy atom. The highest BCUT2D eigenvalue weighted by molar-refractivity contribution is 6.05. The molecule has 0 unspecified atom stereocenters. The second-order valence-corrected chi connectivity index (χ2v) is 2.68. The van der Waals surface area contributed by atoms with Gasteiger partial charge in [0.1, 0.15) is 0 Å². The molecule has 68 valence electrons. The lowest BCUT2D eigenvalue weighted by molar-refractivity contribution is 0.0969. The summed E-state index contributed by atoms with van der Waals surface area (Å²) in [5.41, 5.74) is 1.01. The summed E-state index contributed by atoms with van der Waals surface area (Å²) < 4.78 is 0. The van der Waals surface area contributed by atoms with Crippen molar-refractivity contribution >= 4 is 16.8 Å². The van der Waals surface area contributed by atoms with Gasteiger partial charge in [0, 0.05) is 5.39 Å². The van der Waals surface area contributed by atoms with E-state index in [0.717, 1.165) is 5.52 Å². The fourth-order valence-electron chi connectivity index (χ4n) is 1.25. The van der Waals surface area contributed by atoms with E-state index >= 15 is 0 Å². The summed E-state index contributed by atoms with van der Waals surface area (Å²) in [6.07, 6.45) is 1.57. The maximum absolute atomic E-state index is 11.3.